The van der Waals surface area contributed by atoms with Gasteiger partial charge in [-0.05, 0) is 55.0 Å². The lowest BCUT2D eigenvalue weighted by Crippen LogP contribution is -2.18. The van der Waals surface area contributed by atoms with Gasteiger partial charge in [0.15, 0.2) is 0 Å². The number of hydrazone groups is 1. The lowest BCUT2D eigenvalue weighted by molar-refractivity contribution is 0.0955. The van der Waals surface area contributed by atoms with Crippen LogP contribution in [0.5, 0.6) is 5.75 Å². The summed E-state index contributed by atoms with van der Waals surface area (Å²) >= 11 is 6.08. The van der Waals surface area contributed by atoms with Gasteiger partial charge in [0.05, 0.1) is 28.2 Å². The third kappa shape index (κ3) is 5.02. The van der Waals surface area contributed by atoms with Crippen LogP contribution < -0.4 is 5.43 Å². The first kappa shape index (κ1) is 19.3. The van der Waals surface area contributed by atoms with Crippen molar-refractivity contribution in [1.29, 1.82) is 0 Å². The number of nitrogens with one attached hydrogen (secondary N) is 1. The number of phenolic OH excluding ortho intramolecular Hbond substituents is 1. The van der Waals surface area contributed by atoms with Gasteiger partial charge in [0.25, 0.3) is 5.91 Å². The van der Waals surface area contributed by atoms with Crippen LogP contribution in [-0.2, 0) is 0 Å². The molecule has 2 N–H and O–H groups in total. The number of aromatic hydroxyl groups is 1. The number of phenols is 1. The second kappa shape index (κ2) is 8.92. The Balaban J connectivity index is 1.71. The van der Waals surface area contributed by atoms with E-state index < -0.39 is 5.91 Å². The van der Waals surface area contributed by atoms with E-state index in [-0.39, 0.29) is 5.75 Å². The molecule has 0 aliphatic heterocycles. The Morgan fingerprint density at radius 1 is 1.00 bits per heavy atom. The molecule has 0 saturated heterocycles. The predicted octanol–water partition coefficient (Wildman–Crippen LogP) is 5.53. The van der Waals surface area contributed by atoms with Crippen LogP contribution in [0.4, 0.5) is 11.4 Å². The van der Waals surface area contributed by atoms with E-state index in [4.69, 9.17) is 11.6 Å². The quantitative estimate of drug-likeness (QED) is 0.339. The Kier molecular flexibility index (Phi) is 6.14. The van der Waals surface area contributed by atoms with Crippen LogP contribution in [0.3, 0.4) is 0 Å². The molecule has 0 aromatic heterocycles. The number of amides is 1. The van der Waals surface area contributed by atoms with Gasteiger partial charge in [-0.25, -0.2) is 5.43 Å². The van der Waals surface area contributed by atoms with Crippen molar-refractivity contribution in [2.75, 3.05) is 0 Å². The third-order valence-electron chi connectivity index (χ3n) is 3.79. The van der Waals surface area contributed by atoms with E-state index in [9.17, 15) is 9.90 Å². The lowest BCUT2D eigenvalue weighted by Gasteiger charge is -2.04. The largest absolute Gasteiger partial charge is 0.507 e. The molecule has 0 fully saturated rings. The first-order valence-corrected chi connectivity index (χ1v) is 8.80. The van der Waals surface area contributed by atoms with E-state index >= 15 is 0 Å². The van der Waals surface area contributed by atoms with E-state index in [0.717, 1.165) is 5.56 Å². The number of azo groups is 1. The number of hydrogen-bond acceptors (Lipinski definition) is 5. The number of carbonyl (C=O) groups is 1. The van der Waals surface area contributed by atoms with E-state index in [1.165, 1.54) is 12.3 Å². The van der Waals surface area contributed by atoms with Crippen LogP contribution in [0.15, 0.2) is 82.1 Å². The normalized spacial score (nSPS) is 11.2. The van der Waals surface area contributed by atoms with Crippen molar-refractivity contribution in [3.05, 3.63) is 88.4 Å². The zero-order valence-corrected chi connectivity index (χ0v) is 15.8. The van der Waals surface area contributed by atoms with Gasteiger partial charge < -0.3 is 5.11 Å². The molecular formula is C21H17ClN4O2. The zero-order chi connectivity index (χ0) is 19.9. The Labute approximate surface area is 167 Å². The molecule has 28 heavy (non-hydrogen) atoms. The van der Waals surface area contributed by atoms with Crippen LogP contribution >= 0.6 is 11.6 Å². The fraction of sp³-hybridized carbons (Fsp3) is 0.0476. The van der Waals surface area contributed by atoms with Gasteiger partial charge in [-0.1, -0.05) is 35.9 Å². The molecule has 0 heterocycles. The third-order valence-corrected chi connectivity index (χ3v) is 4.10. The zero-order valence-electron chi connectivity index (χ0n) is 15.0. The van der Waals surface area contributed by atoms with Crippen molar-refractivity contribution in [3.63, 3.8) is 0 Å². The van der Waals surface area contributed by atoms with Crippen LogP contribution in [0, 0.1) is 6.92 Å². The Hall–Kier alpha value is -3.51. The molecule has 3 aromatic carbocycles. The maximum Gasteiger partial charge on any atom is 0.272 e. The van der Waals surface area contributed by atoms with Gasteiger partial charge in [-0.3, -0.25) is 4.79 Å². The van der Waals surface area contributed by atoms with Crippen molar-refractivity contribution >= 4 is 35.1 Å². The predicted molar refractivity (Wildman–Crippen MR) is 110 cm³/mol. The molecule has 140 valence electrons. The molecule has 1 amide bonds. The SMILES string of the molecule is Cc1ccc(C(=O)NN=Cc2cc(N=Nc3ccccc3)ccc2O)c(Cl)c1. The van der Waals surface area contributed by atoms with E-state index in [2.05, 4.69) is 20.8 Å². The summed E-state index contributed by atoms with van der Waals surface area (Å²) < 4.78 is 0. The van der Waals surface area contributed by atoms with Gasteiger partial charge in [0.2, 0.25) is 0 Å². The molecule has 0 saturated carbocycles. The van der Waals surface area contributed by atoms with Crippen molar-refractivity contribution in [1.82, 2.24) is 5.43 Å². The first-order chi connectivity index (χ1) is 13.5. The van der Waals surface area contributed by atoms with Gasteiger partial charge >= 0.3 is 0 Å². The number of aryl methyl sites for hydroxylation is 1. The van der Waals surface area contributed by atoms with Crippen LogP contribution in [0.2, 0.25) is 5.02 Å². The monoisotopic (exact) mass is 392 g/mol. The van der Waals surface area contributed by atoms with Crippen molar-refractivity contribution in [3.8, 4) is 5.75 Å². The van der Waals surface area contributed by atoms with Gasteiger partial charge in [0.1, 0.15) is 5.75 Å². The molecule has 6 nitrogen and oxygen atoms in total. The summed E-state index contributed by atoms with van der Waals surface area (Å²) in [5.41, 5.74) is 5.31. The molecule has 0 atom stereocenters. The molecule has 3 rings (SSSR count). The fourth-order valence-corrected chi connectivity index (χ4v) is 2.66. The molecule has 0 bridgehead atoms. The van der Waals surface area contributed by atoms with Crippen LogP contribution in [0.25, 0.3) is 0 Å². The smallest absolute Gasteiger partial charge is 0.272 e. The second-order valence-corrected chi connectivity index (χ2v) is 6.37. The Bertz CT molecular complexity index is 1050. The van der Waals surface area contributed by atoms with Gasteiger partial charge in [-0.15, -0.1) is 0 Å². The van der Waals surface area contributed by atoms with Crippen molar-refractivity contribution in [2.45, 2.75) is 6.92 Å². The highest BCUT2D eigenvalue weighted by Crippen LogP contribution is 2.24. The average Bonchev–Trinajstić information content (AvgIpc) is 2.69. The maximum atomic E-state index is 12.2. The summed E-state index contributed by atoms with van der Waals surface area (Å²) in [6.45, 7) is 1.89. The number of nitrogens with zero attached hydrogens (tertiary/aromatic N) is 3. The second-order valence-electron chi connectivity index (χ2n) is 5.96. The number of hydrogen-bond donors (Lipinski definition) is 2. The maximum absolute atomic E-state index is 12.2. The summed E-state index contributed by atoms with van der Waals surface area (Å²) in [6, 6.07) is 19.1. The number of carbonyl (C=O) groups excluding carboxylic acids is 1. The topological polar surface area (TPSA) is 86.4 Å². The summed E-state index contributed by atoms with van der Waals surface area (Å²) in [4.78, 5) is 12.2. The summed E-state index contributed by atoms with van der Waals surface area (Å²) in [5, 5.41) is 22.5. The molecule has 0 aliphatic carbocycles. The Morgan fingerprint density at radius 2 is 1.75 bits per heavy atom. The van der Waals surface area contributed by atoms with E-state index in [1.807, 2.05) is 37.3 Å². The standard InChI is InChI=1S/C21H17ClN4O2/c1-14-7-9-18(19(22)11-14)21(28)26-23-13-15-12-17(8-10-20(15)27)25-24-16-5-3-2-4-6-16/h2-13,27H,1H3,(H,26,28). The van der Waals surface area contributed by atoms with E-state index in [0.29, 0.717) is 27.5 Å². The molecule has 0 unspecified atom stereocenters. The molecule has 3 aromatic rings. The highest BCUT2D eigenvalue weighted by atomic mass is 35.5. The number of rotatable bonds is 5. The summed E-state index contributed by atoms with van der Waals surface area (Å²) in [6.07, 6.45) is 1.33. The molecule has 0 radical (unpaired) electrons. The minimum atomic E-state index is -0.444. The van der Waals surface area contributed by atoms with Crippen LogP contribution in [0.1, 0.15) is 21.5 Å². The highest BCUT2D eigenvalue weighted by Gasteiger charge is 2.09. The van der Waals surface area contributed by atoms with Gasteiger partial charge in [0, 0.05) is 5.56 Å². The molecular weight excluding hydrogens is 376 g/mol. The molecule has 7 heteroatoms. The van der Waals surface area contributed by atoms with E-state index in [1.54, 1.807) is 30.3 Å². The van der Waals surface area contributed by atoms with Crippen molar-refractivity contribution < 1.29 is 9.90 Å². The summed E-state index contributed by atoms with van der Waals surface area (Å²) in [5.74, 6) is -0.439. The Morgan fingerprint density at radius 3 is 2.50 bits per heavy atom. The minimum Gasteiger partial charge on any atom is -0.507 e. The molecule has 0 spiro atoms. The minimum absolute atomic E-state index is 0.00466. The fourth-order valence-electron chi connectivity index (χ4n) is 2.34. The number of benzene rings is 3. The van der Waals surface area contributed by atoms with Crippen LogP contribution in [-0.4, -0.2) is 17.2 Å². The number of halogens is 1. The summed E-state index contributed by atoms with van der Waals surface area (Å²) in [7, 11) is 0. The lowest BCUT2D eigenvalue weighted by atomic mass is 10.1. The first-order valence-electron chi connectivity index (χ1n) is 8.42. The highest BCUT2D eigenvalue weighted by molar-refractivity contribution is 6.33. The van der Waals surface area contributed by atoms with Crippen molar-refractivity contribution in [2.24, 2.45) is 15.3 Å². The van der Waals surface area contributed by atoms with Gasteiger partial charge in [-0.2, -0.15) is 15.3 Å². The average molecular weight is 393 g/mol. The molecule has 0 aliphatic rings.